The molecule has 0 fully saturated rings. The number of nitrogens with zero attached hydrogens (tertiary/aromatic N) is 2. The van der Waals surface area contributed by atoms with Crippen LogP contribution < -0.4 is 5.32 Å². The first-order valence-electron chi connectivity index (χ1n) is 5.64. The number of halogens is 1. The first-order chi connectivity index (χ1) is 9.60. The Morgan fingerprint density at radius 2 is 2.25 bits per heavy atom. The van der Waals surface area contributed by atoms with Gasteiger partial charge in [0, 0.05) is 22.2 Å². The molecule has 20 heavy (non-hydrogen) atoms. The lowest BCUT2D eigenvalue weighted by Gasteiger charge is -2.01. The van der Waals surface area contributed by atoms with Crippen molar-refractivity contribution in [3.8, 4) is 0 Å². The summed E-state index contributed by atoms with van der Waals surface area (Å²) in [5.74, 6) is -0.850. The van der Waals surface area contributed by atoms with Gasteiger partial charge in [-0.05, 0) is 28.9 Å². The summed E-state index contributed by atoms with van der Waals surface area (Å²) in [6.45, 7) is 2.00. The molecule has 104 valence electrons. The van der Waals surface area contributed by atoms with E-state index in [-0.39, 0.29) is 18.2 Å². The van der Waals surface area contributed by atoms with Gasteiger partial charge in [-0.3, -0.25) is 15.1 Å². The number of ether oxygens (including phenoxy) is 1. The zero-order valence-electron chi connectivity index (χ0n) is 10.4. The summed E-state index contributed by atoms with van der Waals surface area (Å²) in [6, 6.07) is 1.64. The summed E-state index contributed by atoms with van der Waals surface area (Å²) in [4.78, 5) is 31.3. The van der Waals surface area contributed by atoms with E-state index in [1.165, 1.54) is 11.6 Å². The van der Waals surface area contributed by atoms with Gasteiger partial charge in [-0.25, -0.2) is 9.78 Å². The number of esters is 1. The number of rotatable bonds is 4. The molecule has 0 aliphatic carbocycles. The summed E-state index contributed by atoms with van der Waals surface area (Å²) in [5, 5.41) is 4.47. The Hall–Kier alpha value is -1.80. The van der Waals surface area contributed by atoms with Crippen molar-refractivity contribution in [1.82, 2.24) is 9.97 Å². The quantitative estimate of drug-likeness (QED) is 0.852. The molecule has 2 aromatic rings. The molecule has 0 aromatic carbocycles. The van der Waals surface area contributed by atoms with E-state index >= 15 is 0 Å². The normalized spacial score (nSPS) is 10.1. The van der Waals surface area contributed by atoms with Crippen molar-refractivity contribution >= 4 is 44.3 Å². The fourth-order valence-electron chi connectivity index (χ4n) is 1.34. The Bertz CT molecular complexity index is 644. The molecule has 0 radical (unpaired) electrons. The number of anilines is 1. The first-order valence-corrected chi connectivity index (χ1v) is 7.32. The highest BCUT2D eigenvalue weighted by atomic mass is 79.9. The number of hydrogen-bond donors (Lipinski definition) is 1. The third-order valence-corrected chi connectivity index (χ3v) is 3.37. The molecule has 0 saturated carbocycles. The van der Waals surface area contributed by atoms with Gasteiger partial charge in [0.25, 0.3) is 5.91 Å². The zero-order chi connectivity index (χ0) is 14.5. The van der Waals surface area contributed by atoms with Gasteiger partial charge in [0.2, 0.25) is 0 Å². The predicted octanol–water partition coefficient (Wildman–Crippen LogP) is 2.73. The highest BCUT2D eigenvalue weighted by molar-refractivity contribution is 9.10. The largest absolute Gasteiger partial charge is 0.461 e. The smallest absolute Gasteiger partial charge is 0.357 e. The summed E-state index contributed by atoms with van der Waals surface area (Å²) in [5.41, 5.74) is 0.576. The van der Waals surface area contributed by atoms with Crippen LogP contribution in [0, 0.1) is 0 Å². The molecule has 0 aliphatic rings. The minimum Gasteiger partial charge on any atom is -0.461 e. The highest BCUT2D eigenvalue weighted by Crippen LogP contribution is 2.18. The van der Waals surface area contributed by atoms with E-state index < -0.39 is 5.97 Å². The number of aromatic nitrogens is 2. The van der Waals surface area contributed by atoms with Crippen molar-refractivity contribution in [3.63, 3.8) is 0 Å². The van der Waals surface area contributed by atoms with Crippen LogP contribution in [0.15, 0.2) is 28.3 Å². The molecule has 1 N–H and O–H groups in total. The highest BCUT2D eigenvalue weighted by Gasteiger charge is 2.14. The van der Waals surface area contributed by atoms with E-state index in [1.54, 1.807) is 19.2 Å². The lowest BCUT2D eigenvalue weighted by atomic mass is 10.3. The average Bonchev–Trinajstić information content (AvgIpc) is 2.87. The summed E-state index contributed by atoms with van der Waals surface area (Å²) in [6.07, 6.45) is 3.03. The number of amides is 1. The van der Waals surface area contributed by atoms with Crippen molar-refractivity contribution in [2.24, 2.45) is 0 Å². The van der Waals surface area contributed by atoms with Crippen LogP contribution in [0.1, 0.15) is 27.8 Å². The molecule has 0 saturated heterocycles. The number of carbonyl (C=O) groups excluding carboxylic acids is 2. The molecule has 0 atom stereocenters. The van der Waals surface area contributed by atoms with Crippen molar-refractivity contribution in [3.05, 3.63) is 39.6 Å². The third-order valence-electron chi connectivity index (χ3n) is 2.18. The van der Waals surface area contributed by atoms with E-state index in [1.807, 2.05) is 0 Å². The van der Waals surface area contributed by atoms with Crippen LogP contribution in [0.2, 0.25) is 0 Å². The van der Waals surface area contributed by atoms with Gasteiger partial charge < -0.3 is 4.74 Å². The summed E-state index contributed by atoms with van der Waals surface area (Å²) in [7, 11) is 0. The van der Waals surface area contributed by atoms with Crippen molar-refractivity contribution < 1.29 is 14.3 Å². The molecular weight excluding hydrogens is 346 g/mol. The van der Waals surface area contributed by atoms with Gasteiger partial charge >= 0.3 is 5.97 Å². The van der Waals surface area contributed by atoms with Crippen LogP contribution >= 0.6 is 27.3 Å². The maximum atomic E-state index is 11.9. The fourth-order valence-corrected chi connectivity index (χ4v) is 2.37. The second kappa shape index (κ2) is 6.58. The number of thiazole rings is 1. The van der Waals surface area contributed by atoms with Crippen LogP contribution in [0.5, 0.6) is 0 Å². The second-order valence-corrected chi connectivity index (χ2v) is 5.38. The van der Waals surface area contributed by atoms with Gasteiger partial charge in [0.1, 0.15) is 0 Å². The standard InChI is InChI=1S/C12H10BrN3O3S/c1-2-19-11(18)9-6-20-12(15-9)16-10(17)7-3-8(13)5-14-4-7/h3-6H,2H2,1H3,(H,15,16,17). The van der Waals surface area contributed by atoms with Gasteiger partial charge in [0.05, 0.1) is 12.2 Å². The van der Waals surface area contributed by atoms with Crippen molar-refractivity contribution in [2.75, 3.05) is 11.9 Å². The third kappa shape index (κ3) is 3.61. The Balaban J connectivity index is 2.07. The molecule has 0 unspecified atom stereocenters. The van der Waals surface area contributed by atoms with Crippen LogP contribution in [0.3, 0.4) is 0 Å². The van der Waals surface area contributed by atoms with Crippen LogP contribution in [0.25, 0.3) is 0 Å². The lowest BCUT2D eigenvalue weighted by Crippen LogP contribution is -2.12. The van der Waals surface area contributed by atoms with Crippen LogP contribution in [-0.2, 0) is 4.74 Å². The van der Waals surface area contributed by atoms with E-state index in [0.717, 1.165) is 11.3 Å². The molecule has 0 aliphatic heterocycles. The van der Waals surface area contributed by atoms with E-state index in [0.29, 0.717) is 15.2 Å². The maximum absolute atomic E-state index is 11.9. The molecule has 0 bridgehead atoms. The van der Waals surface area contributed by atoms with Crippen molar-refractivity contribution in [1.29, 1.82) is 0 Å². The van der Waals surface area contributed by atoms with Gasteiger partial charge in [-0.1, -0.05) is 0 Å². The zero-order valence-corrected chi connectivity index (χ0v) is 12.8. The molecule has 8 heteroatoms. The molecular formula is C12H10BrN3O3S. The fraction of sp³-hybridized carbons (Fsp3) is 0.167. The van der Waals surface area contributed by atoms with Crippen LogP contribution in [0.4, 0.5) is 5.13 Å². The minimum absolute atomic E-state index is 0.180. The lowest BCUT2D eigenvalue weighted by molar-refractivity contribution is 0.0520. The van der Waals surface area contributed by atoms with E-state index in [4.69, 9.17) is 4.74 Å². The van der Waals surface area contributed by atoms with E-state index in [2.05, 4.69) is 31.2 Å². The van der Waals surface area contributed by atoms with E-state index in [9.17, 15) is 9.59 Å². The summed E-state index contributed by atoms with van der Waals surface area (Å²) < 4.78 is 5.53. The molecule has 2 aromatic heterocycles. The molecule has 2 rings (SSSR count). The number of pyridine rings is 1. The number of nitrogens with one attached hydrogen (secondary N) is 1. The maximum Gasteiger partial charge on any atom is 0.357 e. The molecule has 1 amide bonds. The minimum atomic E-state index is -0.506. The van der Waals surface area contributed by atoms with Crippen LogP contribution in [-0.4, -0.2) is 28.5 Å². The number of carbonyl (C=O) groups is 2. The Labute approximate surface area is 127 Å². The second-order valence-electron chi connectivity index (χ2n) is 3.60. The van der Waals surface area contributed by atoms with Gasteiger partial charge in [0.15, 0.2) is 10.8 Å². The number of hydrogen-bond acceptors (Lipinski definition) is 6. The topological polar surface area (TPSA) is 81.2 Å². The Morgan fingerprint density at radius 1 is 1.45 bits per heavy atom. The first kappa shape index (κ1) is 14.6. The van der Waals surface area contributed by atoms with Gasteiger partial charge in [-0.15, -0.1) is 11.3 Å². The van der Waals surface area contributed by atoms with Crippen molar-refractivity contribution in [2.45, 2.75) is 6.92 Å². The molecule has 6 nitrogen and oxygen atoms in total. The van der Waals surface area contributed by atoms with Gasteiger partial charge in [-0.2, -0.15) is 0 Å². The summed E-state index contributed by atoms with van der Waals surface area (Å²) >= 11 is 4.39. The Morgan fingerprint density at radius 3 is 2.95 bits per heavy atom. The average molecular weight is 356 g/mol. The predicted molar refractivity (Wildman–Crippen MR) is 78.0 cm³/mol. The monoisotopic (exact) mass is 355 g/mol. The molecule has 0 spiro atoms. The Kier molecular flexibility index (Phi) is 4.80. The SMILES string of the molecule is CCOC(=O)c1csc(NC(=O)c2cncc(Br)c2)n1. The molecule has 2 heterocycles.